The van der Waals surface area contributed by atoms with E-state index in [-0.39, 0.29) is 28.8 Å². The molecule has 0 spiro atoms. The number of rotatable bonds is 4. The Balaban J connectivity index is 2.19. The third kappa shape index (κ3) is 4.14. The van der Waals surface area contributed by atoms with E-state index in [1.807, 2.05) is 0 Å². The van der Waals surface area contributed by atoms with E-state index in [0.29, 0.717) is 12.8 Å². The van der Waals surface area contributed by atoms with E-state index >= 15 is 0 Å². The van der Waals surface area contributed by atoms with Gasteiger partial charge >= 0.3 is 5.51 Å². The number of thioether (sulfide) groups is 1. The van der Waals surface area contributed by atoms with Crippen molar-refractivity contribution in [1.29, 1.82) is 0 Å². The molecule has 7 heteroatoms. The van der Waals surface area contributed by atoms with Gasteiger partial charge in [-0.15, -0.1) is 0 Å². The van der Waals surface area contributed by atoms with Gasteiger partial charge in [-0.2, -0.15) is 13.2 Å². The molecule has 0 aromatic heterocycles. The van der Waals surface area contributed by atoms with Crippen molar-refractivity contribution in [3.8, 4) is 0 Å². The Morgan fingerprint density at radius 2 is 1.90 bits per heavy atom. The number of nitrogens with one attached hydrogen (secondary N) is 1. The fourth-order valence-corrected chi connectivity index (χ4v) is 3.22. The van der Waals surface area contributed by atoms with Gasteiger partial charge in [0.2, 0.25) is 0 Å². The number of hydrogen-bond donors (Lipinski definition) is 2. The van der Waals surface area contributed by atoms with Gasteiger partial charge in [0.1, 0.15) is 0 Å². The van der Waals surface area contributed by atoms with Gasteiger partial charge in [-0.05, 0) is 36.7 Å². The Bertz CT molecular complexity index is 513. The first kappa shape index (κ1) is 16.2. The third-order valence-electron chi connectivity index (χ3n) is 3.60. The summed E-state index contributed by atoms with van der Waals surface area (Å²) in [5.74, 6) is -0.571. The maximum Gasteiger partial charge on any atom is 0.446 e. The minimum Gasteiger partial charge on any atom is -0.394 e. The lowest BCUT2D eigenvalue weighted by molar-refractivity contribution is -0.0328. The zero-order valence-electron chi connectivity index (χ0n) is 11.2. The molecule has 1 aliphatic carbocycles. The number of carbonyl (C=O) groups is 1. The van der Waals surface area contributed by atoms with Crippen LogP contribution in [0.2, 0.25) is 0 Å². The van der Waals surface area contributed by atoms with Crippen LogP contribution in [0.1, 0.15) is 36.0 Å². The predicted molar refractivity (Wildman–Crippen MR) is 74.1 cm³/mol. The van der Waals surface area contributed by atoms with E-state index in [9.17, 15) is 23.1 Å². The zero-order valence-corrected chi connectivity index (χ0v) is 12.1. The van der Waals surface area contributed by atoms with E-state index in [2.05, 4.69) is 5.32 Å². The Kier molecular flexibility index (Phi) is 4.83. The van der Waals surface area contributed by atoms with Crippen LogP contribution in [0.5, 0.6) is 0 Å². The van der Waals surface area contributed by atoms with Crippen molar-refractivity contribution in [2.45, 2.75) is 41.6 Å². The molecule has 3 nitrogen and oxygen atoms in total. The number of halogens is 3. The molecule has 0 heterocycles. The summed E-state index contributed by atoms with van der Waals surface area (Å²) in [6, 6.07) is 5.62. The first-order chi connectivity index (χ1) is 9.85. The van der Waals surface area contributed by atoms with Crippen LogP contribution in [0.25, 0.3) is 0 Å². The lowest BCUT2D eigenvalue weighted by atomic mass is 9.98. The van der Waals surface area contributed by atoms with Gasteiger partial charge in [0.05, 0.1) is 17.7 Å². The highest BCUT2D eigenvalue weighted by molar-refractivity contribution is 8.00. The fraction of sp³-hybridized carbons (Fsp3) is 0.500. The van der Waals surface area contributed by atoms with Gasteiger partial charge in [0, 0.05) is 4.90 Å². The number of carbonyl (C=O) groups excluding carboxylic acids is 1. The quantitative estimate of drug-likeness (QED) is 0.837. The van der Waals surface area contributed by atoms with Gasteiger partial charge in [0.15, 0.2) is 0 Å². The van der Waals surface area contributed by atoms with Gasteiger partial charge in [-0.1, -0.05) is 25.0 Å². The van der Waals surface area contributed by atoms with Crippen molar-refractivity contribution in [2.75, 3.05) is 6.61 Å². The molecule has 1 aromatic rings. The second kappa shape index (κ2) is 6.27. The average molecular weight is 319 g/mol. The van der Waals surface area contributed by atoms with Gasteiger partial charge in [0.25, 0.3) is 5.91 Å². The second-order valence-electron chi connectivity index (χ2n) is 5.14. The summed E-state index contributed by atoms with van der Waals surface area (Å²) in [7, 11) is 0. The van der Waals surface area contributed by atoms with Crippen molar-refractivity contribution in [3.05, 3.63) is 29.8 Å². The molecule has 0 unspecified atom stereocenters. The molecule has 0 aliphatic heterocycles. The normalized spacial score (nSPS) is 17.7. The summed E-state index contributed by atoms with van der Waals surface area (Å²) in [5, 5.41) is 12.2. The molecular weight excluding hydrogens is 303 g/mol. The Labute approximate surface area is 124 Å². The highest BCUT2D eigenvalue weighted by Crippen LogP contribution is 2.38. The minimum absolute atomic E-state index is 0.0143. The SMILES string of the molecule is O=C(NC1(CO)CCCC1)c1ccccc1SC(F)(F)F. The van der Waals surface area contributed by atoms with Crippen LogP contribution in [-0.4, -0.2) is 28.7 Å². The molecule has 21 heavy (non-hydrogen) atoms. The van der Waals surface area contributed by atoms with E-state index in [4.69, 9.17) is 0 Å². The first-order valence-electron chi connectivity index (χ1n) is 6.63. The molecule has 0 saturated heterocycles. The second-order valence-corrected chi connectivity index (χ2v) is 6.25. The van der Waals surface area contributed by atoms with Crippen LogP contribution in [0.15, 0.2) is 29.2 Å². The summed E-state index contributed by atoms with van der Waals surface area (Å²) in [6.45, 7) is -0.201. The molecule has 2 rings (SSSR count). The maximum absolute atomic E-state index is 12.5. The number of aliphatic hydroxyl groups excluding tert-OH is 1. The molecule has 0 radical (unpaired) electrons. The predicted octanol–water partition coefficient (Wildman–Crippen LogP) is 3.33. The molecule has 1 aromatic carbocycles. The summed E-state index contributed by atoms with van der Waals surface area (Å²) in [5.41, 5.74) is -5.16. The van der Waals surface area contributed by atoms with Crippen LogP contribution in [0.3, 0.4) is 0 Å². The van der Waals surface area contributed by atoms with Crippen molar-refractivity contribution in [3.63, 3.8) is 0 Å². The number of aliphatic hydroxyl groups is 1. The Hall–Kier alpha value is -1.21. The summed E-state index contributed by atoms with van der Waals surface area (Å²) in [6.07, 6.45) is 3.06. The van der Waals surface area contributed by atoms with Crippen molar-refractivity contribution < 1.29 is 23.1 Å². The smallest absolute Gasteiger partial charge is 0.394 e. The molecule has 2 N–H and O–H groups in total. The van der Waals surface area contributed by atoms with Crippen LogP contribution in [-0.2, 0) is 0 Å². The standard InChI is InChI=1S/C14H16F3NO2S/c15-14(16,17)21-11-6-2-1-5-10(11)12(20)18-13(9-19)7-3-4-8-13/h1-2,5-6,19H,3-4,7-9H2,(H,18,20). The monoisotopic (exact) mass is 319 g/mol. The van der Waals surface area contributed by atoms with E-state index in [1.54, 1.807) is 0 Å². The molecule has 116 valence electrons. The topological polar surface area (TPSA) is 49.3 Å². The van der Waals surface area contributed by atoms with E-state index in [0.717, 1.165) is 12.8 Å². The van der Waals surface area contributed by atoms with Crippen LogP contribution in [0.4, 0.5) is 13.2 Å². The van der Waals surface area contributed by atoms with Crippen molar-refractivity contribution in [2.24, 2.45) is 0 Å². The summed E-state index contributed by atoms with van der Waals surface area (Å²) in [4.78, 5) is 12.1. The van der Waals surface area contributed by atoms with Crippen LogP contribution in [0, 0.1) is 0 Å². The van der Waals surface area contributed by atoms with Crippen molar-refractivity contribution in [1.82, 2.24) is 5.32 Å². The zero-order chi connectivity index (χ0) is 15.5. The summed E-state index contributed by atoms with van der Waals surface area (Å²) >= 11 is -0.303. The van der Waals surface area contributed by atoms with Crippen LogP contribution < -0.4 is 5.32 Å². The van der Waals surface area contributed by atoms with E-state index in [1.165, 1.54) is 24.3 Å². The average Bonchev–Trinajstić information content (AvgIpc) is 2.86. The first-order valence-corrected chi connectivity index (χ1v) is 7.45. The lowest BCUT2D eigenvalue weighted by Crippen LogP contribution is -2.49. The van der Waals surface area contributed by atoms with Crippen molar-refractivity contribution >= 4 is 17.7 Å². The Morgan fingerprint density at radius 1 is 1.29 bits per heavy atom. The lowest BCUT2D eigenvalue weighted by Gasteiger charge is -2.28. The molecule has 1 amide bonds. The van der Waals surface area contributed by atoms with Crippen LogP contribution >= 0.6 is 11.8 Å². The highest BCUT2D eigenvalue weighted by atomic mass is 32.2. The number of benzene rings is 1. The van der Waals surface area contributed by atoms with E-state index < -0.39 is 17.0 Å². The minimum atomic E-state index is -4.45. The van der Waals surface area contributed by atoms with Gasteiger partial charge < -0.3 is 10.4 Å². The maximum atomic E-state index is 12.5. The largest absolute Gasteiger partial charge is 0.446 e. The fourth-order valence-electron chi connectivity index (χ4n) is 2.55. The molecule has 1 saturated carbocycles. The number of hydrogen-bond acceptors (Lipinski definition) is 3. The molecule has 1 aliphatic rings. The number of alkyl halides is 3. The molecule has 0 bridgehead atoms. The third-order valence-corrected chi connectivity index (χ3v) is 4.41. The molecule has 1 fully saturated rings. The highest BCUT2D eigenvalue weighted by Gasteiger charge is 2.36. The molecular formula is C14H16F3NO2S. The Morgan fingerprint density at radius 3 is 2.48 bits per heavy atom. The van der Waals surface area contributed by atoms with Gasteiger partial charge in [-0.25, -0.2) is 0 Å². The summed E-state index contributed by atoms with van der Waals surface area (Å²) < 4.78 is 37.6. The number of amides is 1. The van der Waals surface area contributed by atoms with Gasteiger partial charge in [-0.3, -0.25) is 4.79 Å². The molecule has 0 atom stereocenters.